The summed E-state index contributed by atoms with van der Waals surface area (Å²) in [6.07, 6.45) is 0. The average Bonchev–Trinajstić information content (AvgIpc) is 2.79. The molecule has 92 valence electrons. The van der Waals surface area contributed by atoms with Gasteiger partial charge in [-0.3, -0.25) is 0 Å². The highest BCUT2D eigenvalue weighted by Crippen LogP contribution is 2.60. The van der Waals surface area contributed by atoms with Crippen LogP contribution in [-0.4, -0.2) is 11.2 Å². The van der Waals surface area contributed by atoms with E-state index >= 15 is 0 Å². The lowest BCUT2D eigenvalue weighted by Crippen LogP contribution is -2.37. The zero-order valence-electron chi connectivity index (χ0n) is 12.1. The highest BCUT2D eigenvalue weighted by molar-refractivity contribution is 5.17. The monoisotopic (exact) mass is 214 g/mol. The molecule has 1 unspecified atom stereocenters. The van der Waals surface area contributed by atoms with Crippen LogP contribution in [0.4, 0.5) is 0 Å². The van der Waals surface area contributed by atoms with Gasteiger partial charge < -0.3 is 4.74 Å². The van der Waals surface area contributed by atoms with Crippen molar-refractivity contribution in [2.45, 2.75) is 73.5 Å². The van der Waals surface area contributed by atoms with Crippen LogP contribution in [-0.2, 0) is 4.74 Å². The SMILES string of the molecule is CC.CC(C)C1(C)OC1(C(C)C)C(C)C. The lowest BCUT2D eigenvalue weighted by Gasteiger charge is -2.26. The molecule has 0 amide bonds. The van der Waals surface area contributed by atoms with Crippen molar-refractivity contribution >= 4 is 0 Å². The summed E-state index contributed by atoms with van der Waals surface area (Å²) in [5, 5.41) is 0. The third kappa shape index (κ3) is 2.08. The Bertz CT molecular complexity index is 186. The van der Waals surface area contributed by atoms with Crippen molar-refractivity contribution in [1.29, 1.82) is 0 Å². The van der Waals surface area contributed by atoms with Gasteiger partial charge in [0.2, 0.25) is 0 Å². The van der Waals surface area contributed by atoms with E-state index in [1.807, 2.05) is 13.8 Å². The van der Waals surface area contributed by atoms with Crippen LogP contribution in [0.3, 0.4) is 0 Å². The van der Waals surface area contributed by atoms with Crippen LogP contribution in [0, 0.1) is 17.8 Å². The predicted molar refractivity (Wildman–Crippen MR) is 68.1 cm³/mol. The fourth-order valence-electron chi connectivity index (χ4n) is 2.94. The molecule has 0 aliphatic carbocycles. The molecular formula is C14H30O. The van der Waals surface area contributed by atoms with Crippen LogP contribution in [0.15, 0.2) is 0 Å². The number of hydrogen-bond acceptors (Lipinski definition) is 1. The summed E-state index contributed by atoms with van der Waals surface area (Å²) in [4.78, 5) is 0. The molecule has 0 saturated carbocycles. The Kier molecular flexibility index (Phi) is 4.85. The molecule has 1 nitrogen and oxygen atoms in total. The molecule has 0 bridgehead atoms. The summed E-state index contributed by atoms with van der Waals surface area (Å²) >= 11 is 0. The third-order valence-corrected chi connectivity index (χ3v) is 3.93. The normalized spacial score (nSPS) is 28.0. The first-order valence-electron chi connectivity index (χ1n) is 6.49. The molecule has 0 radical (unpaired) electrons. The zero-order chi connectivity index (χ0) is 12.4. The quantitative estimate of drug-likeness (QED) is 0.630. The van der Waals surface area contributed by atoms with Gasteiger partial charge in [-0.05, 0) is 24.7 Å². The number of hydrogen-bond donors (Lipinski definition) is 0. The Balaban J connectivity index is 0.000000921. The molecule has 0 aromatic heterocycles. The third-order valence-electron chi connectivity index (χ3n) is 3.93. The van der Waals surface area contributed by atoms with Crippen molar-refractivity contribution in [3.63, 3.8) is 0 Å². The van der Waals surface area contributed by atoms with Crippen molar-refractivity contribution in [3.8, 4) is 0 Å². The predicted octanol–water partition coefficient (Wildman–Crippen LogP) is 4.51. The van der Waals surface area contributed by atoms with Crippen molar-refractivity contribution in [3.05, 3.63) is 0 Å². The summed E-state index contributed by atoms with van der Waals surface area (Å²) < 4.78 is 6.08. The Hall–Kier alpha value is -0.0400. The van der Waals surface area contributed by atoms with Crippen LogP contribution in [0.2, 0.25) is 0 Å². The fourth-order valence-corrected chi connectivity index (χ4v) is 2.94. The van der Waals surface area contributed by atoms with E-state index in [1.54, 1.807) is 0 Å². The molecular weight excluding hydrogens is 184 g/mol. The van der Waals surface area contributed by atoms with E-state index in [0.29, 0.717) is 17.8 Å². The maximum Gasteiger partial charge on any atom is 0.102 e. The van der Waals surface area contributed by atoms with E-state index in [4.69, 9.17) is 4.74 Å². The smallest absolute Gasteiger partial charge is 0.102 e. The largest absolute Gasteiger partial charge is 0.362 e. The van der Waals surface area contributed by atoms with E-state index < -0.39 is 0 Å². The minimum atomic E-state index is 0.106. The summed E-state index contributed by atoms with van der Waals surface area (Å²) in [5.74, 6) is 1.83. The standard InChI is InChI=1S/C12H24O.C2H6/c1-8(2)11(7)12(13-11,9(3)4)10(5)6;1-2/h8-10H,1-7H3;1-2H3. The lowest BCUT2D eigenvalue weighted by atomic mass is 9.72. The first-order valence-corrected chi connectivity index (χ1v) is 6.49. The van der Waals surface area contributed by atoms with Gasteiger partial charge in [-0.25, -0.2) is 0 Å². The number of epoxide rings is 1. The van der Waals surface area contributed by atoms with Gasteiger partial charge in [-0.2, -0.15) is 0 Å². The summed E-state index contributed by atoms with van der Waals surface area (Å²) in [6.45, 7) is 19.9. The molecule has 1 heterocycles. The van der Waals surface area contributed by atoms with E-state index in [0.717, 1.165) is 0 Å². The van der Waals surface area contributed by atoms with E-state index in [9.17, 15) is 0 Å². The van der Waals surface area contributed by atoms with Gasteiger partial charge in [0, 0.05) is 0 Å². The molecule has 1 fully saturated rings. The molecule has 1 heteroatoms. The van der Waals surface area contributed by atoms with E-state index in [1.165, 1.54) is 0 Å². The van der Waals surface area contributed by atoms with Crippen LogP contribution in [0.25, 0.3) is 0 Å². The highest BCUT2D eigenvalue weighted by atomic mass is 16.6. The molecule has 1 rings (SSSR count). The summed E-state index contributed by atoms with van der Waals surface area (Å²) in [5.41, 5.74) is 0.233. The van der Waals surface area contributed by atoms with Gasteiger partial charge in [0.15, 0.2) is 0 Å². The van der Waals surface area contributed by atoms with Crippen LogP contribution in [0.1, 0.15) is 62.3 Å². The fraction of sp³-hybridized carbons (Fsp3) is 1.00. The molecule has 1 saturated heterocycles. The molecule has 0 N–H and O–H groups in total. The van der Waals surface area contributed by atoms with Gasteiger partial charge >= 0.3 is 0 Å². The van der Waals surface area contributed by atoms with E-state index in [-0.39, 0.29) is 11.2 Å². The summed E-state index contributed by atoms with van der Waals surface area (Å²) in [7, 11) is 0. The summed E-state index contributed by atoms with van der Waals surface area (Å²) in [6, 6.07) is 0. The van der Waals surface area contributed by atoms with Gasteiger partial charge in [0.25, 0.3) is 0 Å². The topological polar surface area (TPSA) is 12.5 Å². The Morgan fingerprint density at radius 3 is 1.13 bits per heavy atom. The molecule has 1 atom stereocenters. The highest BCUT2D eigenvalue weighted by Gasteiger charge is 2.70. The number of ether oxygens (including phenoxy) is 1. The minimum absolute atomic E-state index is 0.106. The second-order valence-corrected chi connectivity index (χ2v) is 5.47. The molecule has 0 spiro atoms. The van der Waals surface area contributed by atoms with Crippen LogP contribution >= 0.6 is 0 Å². The first kappa shape index (κ1) is 15.0. The van der Waals surface area contributed by atoms with Crippen molar-refractivity contribution in [2.24, 2.45) is 17.8 Å². The average molecular weight is 214 g/mol. The van der Waals surface area contributed by atoms with Gasteiger partial charge in [-0.1, -0.05) is 55.4 Å². The maximum absolute atomic E-state index is 6.08. The molecule has 0 aromatic carbocycles. The Labute approximate surface area is 96.6 Å². The molecule has 0 aromatic rings. The minimum Gasteiger partial charge on any atom is -0.362 e. The molecule has 1 aliphatic heterocycles. The molecule has 1 aliphatic rings. The molecule has 15 heavy (non-hydrogen) atoms. The van der Waals surface area contributed by atoms with Gasteiger partial charge in [0.05, 0.1) is 5.60 Å². The van der Waals surface area contributed by atoms with Crippen molar-refractivity contribution in [2.75, 3.05) is 0 Å². The first-order chi connectivity index (χ1) is 6.79. The number of rotatable bonds is 3. The van der Waals surface area contributed by atoms with Crippen molar-refractivity contribution < 1.29 is 4.74 Å². The zero-order valence-corrected chi connectivity index (χ0v) is 12.1. The second-order valence-electron chi connectivity index (χ2n) is 5.47. The van der Waals surface area contributed by atoms with Crippen LogP contribution in [0.5, 0.6) is 0 Å². The van der Waals surface area contributed by atoms with Crippen LogP contribution < -0.4 is 0 Å². The van der Waals surface area contributed by atoms with Gasteiger partial charge in [0.1, 0.15) is 5.60 Å². The Morgan fingerprint density at radius 2 is 1.07 bits per heavy atom. The van der Waals surface area contributed by atoms with Gasteiger partial charge in [-0.15, -0.1) is 0 Å². The van der Waals surface area contributed by atoms with E-state index in [2.05, 4.69) is 48.5 Å². The Morgan fingerprint density at radius 1 is 0.733 bits per heavy atom. The second kappa shape index (κ2) is 4.86. The maximum atomic E-state index is 6.08. The van der Waals surface area contributed by atoms with Crippen molar-refractivity contribution in [1.82, 2.24) is 0 Å². The lowest BCUT2D eigenvalue weighted by molar-refractivity contribution is 0.175.